The van der Waals surface area contributed by atoms with Crippen LogP contribution in [-0.4, -0.2) is 41.0 Å². The maximum atomic E-state index is 6.27. The molecular formula is C10H30O3SSi4. The molecular weight excluding hydrogens is 313 g/mol. The molecule has 0 N–H and O–H groups in total. The fourth-order valence-electron chi connectivity index (χ4n) is 1.66. The highest BCUT2D eigenvalue weighted by atomic mass is 32.1. The summed E-state index contributed by atoms with van der Waals surface area (Å²) < 4.78 is 18.7. The molecule has 0 aliphatic carbocycles. The van der Waals surface area contributed by atoms with E-state index < -0.39 is 35.2 Å². The summed E-state index contributed by atoms with van der Waals surface area (Å²) in [6, 6.07) is 1.16. The van der Waals surface area contributed by atoms with E-state index in [-0.39, 0.29) is 0 Å². The molecule has 0 amide bonds. The molecule has 0 spiro atoms. The van der Waals surface area contributed by atoms with E-state index in [0.717, 1.165) is 18.2 Å². The molecule has 0 aromatic rings. The molecule has 0 aromatic heterocycles. The largest absolute Gasteiger partial charge is 0.465 e. The SMILES string of the molecule is C[Si](C)(C)O[Si](C)(O[SiH2]CCCS)O[Si](C)(C)C. The summed E-state index contributed by atoms with van der Waals surface area (Å²) in [5, 5.41) is 0. The van der Waals surface area contributed by atoms with E-state index in [0.29, 0.717) is 0 Å². The minimum Gasteiger partial charge on any atom is -0.422 e. The smallest absolute Gasteiger partial charge is 0.422 e. The molecule has 0 saturated carbocycles. The van der Waals surface area contributed by atoms with Crippen LogP contribution < -0.4 is 0 Å². The Hall–Kier alpha value is 1.10. The van der Waals surface area contributed by atoms with E-state index in [9.17, 15) is 0 Å². The van der Waals surface area contributed by atoms with Crippen LogP contribution in [0.15, 0.2) is 0 Å². The minimum absolute atomic E-state index is 0.534. The first kappa shape index (κ1) is 19.1. The van der Waals surface area contributed by atoms with Gasteiger partial charge in [-0.3, -0.25) is 0 Å². The van der Waals surface area contributed by atoms with Crippen molar-refractivity contribution in [1.82, 2.24) is 0 Å². The van der Waals surface area contributed by atoms with Gasteiger partial charge in [-0.15, -0.1) is 0 Å². The first-order valence-electron chi connectivity index (χ1n) is 6.63. The third-order valence-electron chi connectivity index (χ3n) is 1.90. The number of rotatable bonds is 9. The summed E-state index contributed by atoms with van der Waals surface area (Å²) in [5.74, 6) is 0.943. The molecule has 0 radical (unpaired) electrons. The lowest BCUT2D eigenvalue weighted by Crippen LogP contribution is -2.55. The van der Waals surface area contributed by atoms with Crippen molar-refractivity contribution < 1.29 is 12.3 Å². The monoisotopic (exact) mass is 342 g/mol. The molecule has 0 aliphatic heterocycles. The third kappa shape index (κ3) is 11.0. The standard InChI is InChI=1S/C10H30O3SSi4/c1-16(2,3)12-18(7,13-17(4,5)6)11-15-10-8-9-14/h14H,8-10,15H2,1-7H3. The fourth-order valence-corrected chi connectivity index (χ4v) is 15.8. The molecule has 0 rings (SSSR count). The van der Waals surface area contributed by atoms with Crippen LogP contribution >= 0.6 is 12.6 Å². The normalized spacial score (nSPS) is 14.7. The molecule has 0 aliphatic rings. The predicted octanol–water partition coefficient (Wildman–Crippen LogP) is 3.10. The summed E-state index contributed by atoms with van der Waals surface area (Å²) in [7, 11) is -6.18. The molecule has 0 heterocycles. The van der Waals surface area contributed by atoms with Gasteiger partial charge in [-0.1, -0.05) is 0 Å². The van der Waals surface area contributed by atoms with Crippen molar-refractivity contribution in [3.63, 3.8) is 0 Å². The van der Waals surface area contributed by atoms with Crippen molar-refractivity contribution in [3.05, 3.63) is 0 Å². The molecule has 8 heteroatoms. The quantitative estimate of drug-likeness (QED) is 0.396. The van der Waals surface area contributed by atoms with Gasteiger partial charge in [0.15, 0.2) is 26.4 Å². The Labute approximate surface area is 124 Å². The first-order valence-corrected chi connectivity index (χ1v) is 17.9. The lowest BCUT2D eigenvalue weighted by molar-refractivity contribution is 0.271. The zero-order valence-electron chi connectivity index (χ0n) is 13.0. The molecule has 0 unspecified atom stereocenters. The summed E-state index contributed by atoms with van der Waals surface area (Å²) in [4.78, 5) is 0. The fraction of sp³-hybridized carbons (Fsp3) is 1.00. The first-order chi connectivity index (χ1) is 7.97. The highest BCUT2D eigenvalue weighted by Crippen LogP contribution is 2.21. The Morgan fingerprint density at radius 3 is 1.67 bits per heavy atom. The van der Waals surface area contributed by atoms with Crippen molar-refractivity contribution in [3.8, 4) is 0 Å². The van der Waals surface area contributed by atoms with E-state index in [1.165, 1.54) is 0 Å². The van der Waals surface area contributed by atoms with Gasteiger partial charge in [0.25, 0.3) is 0 Å². The Morgan fingerprint density at radius 2 is 1.33 bits per heavy atom. The molecule has 110 valence electrons. The van der Waals surface area contributed by atoms with Crippen molar-refractivity contribution >= 4 is 47.8 Å². The van der Waals surface area contributed by atoms with Gasteiger partial charge in [-0.2, -0.15) is 12.6 Å². The van der Waals surface area contributed by atoms with Gasteiger partial charge in [0, 0.05) is 6.55 Å². The summed E-state index contributed by atoms with van der Waals surface area (Å²) in [6.45, 7) is 15.3. The Balaban J connectivity index is 4.50. The number of thiol groups is 1. The minimum atomic E-state index is -2.41. The summed E-state index contributed by atoms with van der Waals surface area (Å²) in [5.41, 5.74) is 0. The van der Waals surface area contributed by atoms with Crippen molar-refractivity contribution in [2.75, 3.05) is 5.75 Å². The van der Waals surface area contributed by atoms with E-state index in [1.807, 2.05) is 0 Å². The van der Waals surface area contributed by atoms with Gasteiger partial charge in [0.2, 0.25) is 0 Å². The molecule has 0 bridgehead atoms. The molecule has 0 aromatic carbocycles. The summed E-state index contributed by atoms with van der Waals surface area (Å²) >= 11 is 4.23. The Morgan fingerprint density at radius 1 is 0.889 bits per heavy atom. The second-order valence-corrected chi connectivity index (χ2v) is 21.1. The van der Waals surface area contributed by atoms with Gasteiger partial charge >= 0.3 is 8.80 Å². The van der Waals surface area contributed by atoms with Gasteiger partial charge in [0.1, 0.15) is 0 Å². The lowest BCUT2D eigenvalue weighted by Gasteiger charge is -2.37. The second-order valence-electron chi connectivity index (χ2n) is 6.57. The van der Waals surface area contributed by atoms with Crippen LogP contribution in [0, 0.1) is 0 Å². The van der Waals surface area contributed by atoms with Crippen LogP contribution in [0.2, 0.25) is 51.9 Å². The van der Waals surface area contributed by atoms with Crippen LogP contribution in [0.3, 0.4) is 0 Å². The topological polar surface area (TPSA) is 27.7 Å². The molecule has 0 atom stereocenters. The van der Waals surface area contributed by atoms with Gasteiger partial charge in [0.05, 0.1) is 0 Å². The average molecular weight is 343 g/mol. The van der Waals surface area contributed by atoms with E-state index in [4.69, 9.17) is 12.3 Å². The second kappa shape index (κ2) is 7.77. The average Bonchev–Trinajstić information content (AvgIpc) is 2.05. The zero-order valence-corrected chi connectivity index (χ0v) is 18.3. The predicted molar refractivity (Wildman–Crippen MR) is 93.4 cm³/mol. The van der Waals surface area contributed by atoms with Crippen LogP contribution in [0.4, 0.5) is 0 Å². The van der Waals surface area contributed by atoms with Crippen LogP contribution in [0.25, 0.3) is 0 Å². The maximum Gasteiger partial charge on any atom is 0.465 e. The highest BCUT2D eigenvalue weighted by Gasteiger charge is 2.42. The maximum absolute atomic E-state index is 6.27. The van der Waals surface area contributed by atoms with Gasteiger partial charge < -0.3 is 12.3 Å². The number of hydrogen-bond donors (Lipinski definition) is 1. The van der Waals surface area contributed by atoms with Crippen LogP contribution in [0.1, 0.15) is 6.42 Å². The zero-order chi connectivity index (χ0) is 14.4. The van der Waals surface area contributed by atoms with Gasteiger partial charge in [-0.25, -0.2) is 0 Å². The van der Waals surface area contributed by atoms with E-state index >= 15 is 0 Å². The highest BCUT2D eigenvalue weighted by molar-refractivity contribution is 7.80. The molecule has 18 heavy (non-hydrogen) atoms. The van der Waals surface area contributed by atoms with Crippen LogP contribution in [-0.2, 0) is 12.3 Å². The van der Waals surface area contributed by atoms with Crippen molar-refractivity contribution in [2.45, 2.75) is 58.3 Å². The van der Waals surface area contributed by atoms with Gasteiger partial charge in [-0.05, 0) is 57.5 Å². The Bertz CT molecular complexity index is 224. The van der Waals surface area contributed by atoms with E-state index in [2.05, 4.69) is 58.5 Å². The molecule has 0 saturated heterocycles. The lowest BCUT2D eigenvalue weighted by atomic mass is 10.6. The molecule has 0 fully saturated rings. The third-order valence-corrected chi connectivity index (χ3v) is 13.8. The molecule has 3 nitrogen and oxygen atoms in total. The van der Waals surface area contributed by atoms with Crippen LogP contribution in [0.5, 0.6) is 0 Å². The Kier molecular flexibility index (Phi) is 8.24. The number of hydrogen-bond acceptors (Lipinski definition) is 4. The summed E-state index contributed by atoms with van der Waals surface area (Å²) in [6.07, 6.45) is 1.14. The van der Waals surface area contributed by atoms with Crippen molar-refractivity contribution in [2.24, 2.45) is 0 Å². The van der Waals surface area contributed by atoms with E-state index in [1.54, 1.807) is 0 Å². The van der Waals surface area contributed by atoms with Crippen molar-refractivity contribution in [1.29, 1.82) is 0 Å².